The maximum absolute atomic E-state index is 4.53. The first kappa shape index (κ1) is 16.7. The smallest absolute Gasteiger partial charge is 0.0686 e. The molecule has 0 bridgehead atoms. The van der Waals surface area contributed by atoms with Crippen molar-refractivity contribution in [2.24, 2.45) is 5.41 Å². The minimum atomic E-state index is 0. The van der Waals surface area contributed by atoms with Crippen molar-refractivity contribution >= 4 is 44.3 Å². The van der Waals surface area contributed by atoms with Crippen LogP contribution in [0.3, 0.4) is 0 Å². The molecule has 2 fully saturated rings. The van der Waals surface area contributed by atoms with Crippen LogP contribution in [0, 0.1) is 5.41 Å². The van der Waals surface area contributed by atoms with Crippen LogP contribution in [0.2, 0.25) is 0 Å². The van der Waals surface area contributed by atoms with E-state index in [0.29, 0.717) is 5.41 Å². The molecule has 2 saturated heterocycles. The van der Waals surface area contributed by atoms with Gasteiger partial charge in [-0.3, -0.25) is 9.88 Å². The largest absolute Gasteiger partial charge is 0.317 e. The van der Waals surface area contributed by atoms with E-state index in [1.807, 2.05) is 6.20 Å². The summed E-state index contributed by atoms with van der Waals surface area (Å²) in [4.78, 5) is 7.09. The minimum absolute atomic E-state index is 0. The Kier molecular flexibility index (Phi) is 5.88. The van der Waals surface area contributed by atoms with Gasteiger partial charge < -0.3 is 5.32 Å². The minimum Gasteiger partial charge on any atom is -0.317 e. The zero-order chi connectivity index (χ0) is 13.3. The third-order valence-electron chi connectivity index (χ3n) is 4.44. The van der Waals surface area contributed by atoms with Crippen LogP contribution in [0.4, 0.5) is 0 Å². The molecule has 1 aromatic rings. The monoisotopic (exact) mass is 423 g/mol. The lowest BCUT2D eigenvalue weighted by Gasteiger charge is -2.33. The molecule has 0 aromatic carbocycles. The Morgan fingerprint density at radius 3 is 2.70 bits per heavy atom. The third kappa shape index (κ3) is 3.74. The fourth-order valence-electron chi connectivity index (χ4n) is 3.30. The highest BCUT2D eigenvalue weighted by atomic mass is 79.9. The molecule has 1 spiro atoms. The summed E-state index contributed by atoms with van der Waals surface area (Å²) < 4.78 is 2.13. The van der Waals surface area contributed by atoms with E-state index in [9.17, 15) is 0 Å². The summed E-state index contributed by atoms with van der Waals surface area (Å²) in [6.45, 7) is 5.79. The highest BCUT2D eigenvalue weighted by molar-refractivity contribution is 9.11. The second-order valence-corrected chi connectivity index (χ2v) is 7.56. The number of rotatable bonds is 2. The number of halogens is 3. The molecule has 0 atom stereocenters. The van der Waals surface area contributed by atoms with Gasteiger partial charge in [-0.2, -0.15) is 0 Å². The summed E-state index contributed by atoms with van der Waals surface area (Å²) in [5.41, 5.74) is 1.72. The van der Waals surface area contributed by atoms with E-state index in [2.05, 4.69) is 53.1 Å². The van der Waals surface area contributed by atoms with Gasteiger partial charge in [0.15, 0.2) is 0 Å². The summed E-state index contributed by atoms with van der Waals surface area (Å²) >= 11 is 7.07. The molecule has 6 heteroatoms. The number of nitrogens with one attached hydrogen (secondary N) is 1. The fraction of sp³-hybridized carbons (Fsp3) is 0.643. The van der Waals surface area contributed by atoms with Crippen molar-refractivity contribution in [3.05, 3.63) is 26.9 Å². The van der Waals surface area contributed by atoms with E-state index in [0.717, 1.165) is 21.2 Å². The van der Waals surface area contributed by atoms with Crippen molar-refractivity contribution in [3.63, 3.8) is 0 Å². The van der Waals surface area contributed by atoms with Crippen LogP contribution in [0.1, 0.15) is 25.0 Å². The first-order valence-corrected chi connectivity index (χ1v) is 8.49. The topological polar surface area (TPSA) is 28.2 Å². The highest BCUT2D eigenvalue weighted by Gasteiger charge is 2.38. The standard InChI is InChI=1S/C14H19Br2N3.ClH/c15-11-7-12(16)13(18-8-11)9-19-6-3-14(10-19)1-4-17-5-2-14;/h7-8,17H,1-6,9-10H2;1H. The number of nitrogens with zero attached hydrogens (tertiary/aromatic N) is 2. The molecule has 3 nitrogen and oxygen atoms in total. The van der Waals surface area contributed by atoms with Gasteiger partial charge in [0.1, 0.15) is 0 Å². The van der Waals surface area contributed by atoms with Crippen LogP contribution < -0.4 is 5.32 Å². The van der Waals surface area contributed by atoms with Gasteiger partial charge in [-0.25, -0.2) is 0 Å². The molecule has 0 amide bonds. The Labute approximate surface area is 143 Å². The van der Waals surface area contributed by atoms with Gasteiger partial charge in [-0.05, 0) is 82.2 Å². The number of pyridine rings is 1. The van der Waals surface area contributed by atoms with Gasteiger partial charge in [0, 0.05) is 28.2 Å². The first-order valence-electron chi connectivity index (χ1n) is 6.90. The second kappa shape index (κ2) is 7.05. The summed E-state index contributed by atoms with van der Waals surface area (Å²) in [6, 6.07) is 2.08. The Morgan fingerprint density at radius 2 is 2.00 bits per heavy atom. The molecule has 0 unspecified atom stereocenters. The summed E-state index contributed by atoms with van der Waals surface area (Å²) in [7, 11) is 0. The van der Waals surface area contributed by atoms with Crippen molar-refractivity contribution in [3.8, 4) is 0 Å². The number of piperidine rings is 1. The lowest BCUT2D eigenvalue weighted by Crippen LogP contribution is -2.38. The molecule has 0 saturated carbocycles. The van der Waals surface area contributed by atoms with E-state index >= 15 is 0 Å². The molecule has 0 aliphatic carbocycles. The van der Waals surface area contributed by atoms with Gasteiger partial charge in [0.25, 0.3) is 0 Å². The number of aromatic nitrogens is 1. The predicted molar refractivity (Wildman–Crippen MR) is 91.3 cm³/mol. The Bertz CT molecular complexity index is 464. The molecule has 112 valence electrons. The Morgan fingerprint density at radius 1 is 1.25 bits per heavy atom. The van der Waals surface area contributed by atoms with Crippen LogP contribution in [-0.2, 0) is 6.54 Å². The van der Waals surface area contributed by atoms with Crippen LogP contribution in [-0.4, -0.2) is 36.1 Å². The van der Waals surface area contributed by atoms with Gasteiger partial charge >= 0.3 is 0 Å². The molecular formula is C14H20Br2ClN3. The van der Waals surface area contributed by atoms with E-state index in [-0.39, 0.29) is 12.4 Å². The first-order chi connectivity index (χ1) is 9.17. The second-order valence-electron chi connectivity index (χ2n) is 5.79. The summed E-state index contributed by atoms with van der Waals surface area (Å²) in [5, 5.41) is 3.47. The fourth-order valence-corrected chi connectivity index (χ4v) is 4.41. The van der Waals surface area contributed by atoms with Crippen molar-refractivity contribution in [1.82, 2.24) is 15.2 Å². The van der Waals surface area contributed by atoms with Crippen molar-refractivity contribution in [1.29, 1.82) is 0 Å². The van der Waals surface area contributed by atoms with Gasteiger partial charge in [0.05, 0.1) is 5.69 Å². The third-order valence-corrected chi connectivity index (χ3v) is 5.56. The molecule has 0 radical (unpaired) electrons. The van der Waals surface area contributed by atoms with Crippen LogP contribution in [0.15, 0.2) is 21.2 Å². The van der Waals surface area contributed by atoms with E-state index in [4.69, 9.17) is 0 Å². The van der Waals surface area contributed by atoms with E-state index in [1.165, 1.54) is 45.4 Å². The molecule has 1 aromatic heterocycles. The van der Waals surface area contributed by atoms with Gasteiger partial charge in [0.2, 0.25) is 0 Å². The number of likely N-dealkylation sites (tertiary alicyclic amines) is 1. The number of hydrogen-bond acceptors (Lipinski definition) is 3. The summed E-state index contributed by atoms with van der Waals surface area (Å²) in [6.07, 6.45) is 5.90. The van der Waals surface area contributed by atoms with Crippen molar-refractivity contribution in [2.75, 3.05) is 26.2 Å². The molecule has 2 aliphatic rings. The Balaban J connectivity index is 0.00000147. The van der Waals surface area contributed by atoms with E-state index in [1.54, 1.807) is 0 Å². The Hall–Kier alpha value is 0.320. The lowest BCUT2D eigenvalue weighted by atomic mass is 9.78. The maximum atomic E-state index is 4.53. The normalized spacial score (nSPS) is 21.9. The van der Waals surface area contributed by atoms with Crippen LogP contribution >= 0.6 is 44.3 Å². The summed E-state index contributed by atoms with van der Waals surface area (Å²) in [5.74, 6) is 0. The molecule has 2 aliphatic heterocycles. The molecule has 3 heterocycles. The quantitative estimate of drug-likeness (QED) is 0.785. The average molecular weight is 426 g/mol. The zero-order valence-corrected chi connectivity index (χ0v) is 15.4. The van der Waals surface area contributed by atoms with Gasteiger partial charge in [-0.15, -0.1) is 12.4 Å². The van der Waals surface area contributed by atoms with Crippen molar-refractivity contribution < 1.29 is 0 Å². The van der Waals surface area contributed by atoms with Crippen LogP contribution in [0.5, 0.6) is 0 Å². The highest BCUT2D eigenvalue weighted by Crippen LogP contribution is 2.39. The zero-order valence-electron chi connectivity index (χ0n) is 11.4. The average Bonchev–Trinajstić information content (AvgIpc) is 2.77. The molecular weight excluding hydrogens is 405 g/mol. The SMILES string of the molecule is Brc1cnc(CN2CCC3(CCNCC3)C2)c(Br)c1.Cl. The lowest BCUT2D eigenvalue weighted by molar-refractivity contribution is 0.193. The van der Waals surface area contributed by atoms with E-state index < -0.39 is 0 Å². The maximum Gasteiger partial charge on any atom is 0.0686 e. The van der Waals surface area contributed by atoms with Gasteiger partial charge in [-0.1, -0.05) is 0 Å². The van der Waals surface area contributed by atoms with Crippen molar-refractivity contribution in [2.45, 2.75) is 25.8 Å². The number of hydrogen-bond donors (Lipinski definition) is 1. The predicted octanol–water partition coefficient (Wildman–Crippen LogP) is 3.60. The molecule has 20 heavy (non-hydrogen) atoms. The van der Waals surface area contributed by atoms with Crippen LogP contribution in [0.25, 0.3) is 0 Å². The molecule has 1 N–H and O–H groups in total. The molecule has 3 rings (SSSR count).